The van der Waals surface area contributed by atoms with Gasteiger partial charge in [0.05, 0.1) is 12.5 Å². The Hall–Kier alpha value is -2.21. The van der Waals surface area contributed by atoms with Crippen molar-refractivity contribution in [1.82, 2.24) is 0 Å². The number of ether oxygens (including phenoxy) is 1. The van der Waals surface area contributed by atoms with Crippen LogP contribution in [0.4, 0.5) is 10.1 Å². The van der Waals surface area contributed by atoms with E-state index >= 15 is 0 Å². The lowest BCUT2D eigenvalue weighted by atomic mass is 10.1. The molecule has 1 unspecified atom stereocenters. The molecule has 1 aliphatic heterocycles. The SMILES string of the molecule is O=C(O)/C=C/c1cc(NC(=O)C2CCOC2)ccc1F. The Bertz CT molecular complexity index is 550. The van der Waals surface area contributed by atoms with Crippen LogP contribution in [-0.2, 0) is 14.3 Å². The number of carboxylic acids is 1. The fourth-order valence-electron chi connectivity index (χ4n) is 1.90. The van der Waals surface area contributed by atoms with E-state index in [1.54, 1.807) is 0 Å². The molecule has 20 heavy (non-hydrogen) atoms. The number of amides is 1. The van der Waals surface area contributed by atoms with Gasteiger partial charge in [0, 0.05) is 23.9 Å². The van der Waals surface area contributed by atoms with Crippen LogP contribution in [-0.4, -0.2) is 30.2 Å². The lowest BCUT2D eigenvalue weighted by Gasteiger charge is -2.10. The Labute approximate surface area is 115 Å². The van der Waals surface area contributed by atoms with Gasteiger partial charge in [-0.05, 0) is 30.7 Å². The Morgan fingerprint density at radius 3 is 2.90 bits per heavy atom. The summed E-state index contributed by atoms with van der Waals surface area (Å²) in [5.74, 6) is -2.09. The zero-order valence-electron chi connectivity index (χ0n) is 10.6. The third-order valence-corrected chi connectivity index (χ3v) is 2.97. The molecule has 0 saturated carbocycles. The van der Waals surface area contributed by atoms with Gasteiger partial charge in [0.25, 0.3) is 0 Å². The molecule has 1 fully saturated rings. The van der Waals surface area contributed by atoms with Gasteiger partial charge < -0.3 is 15.2 Å². The van der Waals surface area contributed by atoms with Crippen LogP contribution in [0.3, 0.4) is 0 Å². The molecule has 0 spiro atoms. The lowest BCUT2D eigenvalue weighted by molar-refractivity contribution is -0.131. The topological polar surface area (TPSA) is 75.6 Å². The van der Waals surface area contributed by atoms with Gasteiger partial charge in [-0.15, -0.1) is 0 Å². The number of nitrogens with one attached hydrogen (secondary N) is 1. The molecule has 1 aliphatic rings. The van der Waals surface area contributed by atoms with E-state index in [1.165, 1.54) is 18.2 Å². The maximum Gasteiger partial charge on any atom is 0.328 e. The summed E-state index contributed by atoms with van der Waals surface area (Å²) < 4.78 is 18.6. The monoisotopic (exact) mass is 279 g/mol. The van der Waals surface area contributed by atoms with Gasteiger partial charge in [0.15, 0.2) is 0 Å². The summed E-state index contributed by atoms with van der Waals surface area (Å²) in [4.78, 5) is 22.3. The van der Waals surface area contributed by atoms with Gasteiger partial charge >= 0.3 is 5.97 Å². The summed E-state index contributed by atoms with van der Waals surface area (Å²) in [5, 5.41) is 11.2. The first-order valence-corrected chi connectivity index (χ1v) is 6.15. The second kappa shape index (κ2) is 6.29. The predicted molar refractivity (Wildman–Crippen MR) is 70.6 cm³/mol. The molecule has 2 N–H and O–H groups in total. The summed E-state index contributed by atoms with van der Waals surface area (Å²) in [7, 11) is 0. The van der Waals surface area contributed by atoms with Crippen molar-refractivity contribution in [1.29, 1.82) is 0 Å². The molecule has 1 saturated heterocycles. The molecule has 0 radical (unpaired) electrons. The minimum Gasteiger partial charge on any atom is -0.478 e. The molecule has 1 aromatic rings. The number of hydrogen-bond donors (Lipinski definition) is 2. The first-order valence-electron chi connectivity index (χ1n) is 6.15. The van der Waals surface area contributed by atoms with Crippen molar-refractivity contribution in [3.05, 3.63) is 35.7 Å². The molecule has 0 aromatic heterocycles. The number of aliphatic carboxylic acids is 1. The standard InChI is InChI=1S/C14H14FNO4/c15-12-3-2-11(7-9(12)1-4-13(17)18)16-14(19)10-5-6-20-8-10/h1-4,7,10H,5-6,8H2,(H,16,19)(H,17,18)/b4-1+. The number of benzene rings is 1. The van der Waals surface area contributed by atoms with Crippen LogP contribution in [0.25, 0.3) is 6.08 Å². The zero-order chi connectivity index (χ0) is 14.5. The van der Waals surface area contributed by atoms with Gasteiger partial charge in [0.1, 0.15) is 5.82 Å². The minimum absolute atomic E-state index is 0.105. The van der Waals surface area contributed by atoms with Gasteiger partial charge in [-0.1, -0.05) is 0 Å². The number of anilines is 1. The number of rotatable bonds is 4. The van der Waals surface area contributed by atoms with Crippen LogP contribution < -0.4 is 5.32 Å². The third kappa shape index (κ3) is 3.64. The van der Waals surface area contributed by atoms with Crippen molar-refractivity contribution < 1.29 is 23.8 Å². The molecule has 1 aromatic carbocycles. The Morgan fingerprint density at radius 1 is 1.45 bits per heavy atom. The first-order chi connectivity index (χ1) is 9.56. The summed E-state index contributed by atoms with van der Waals surface area (Å²) in [5.41, 5.74) is 0.529. The van der Waals surface area contributed by atoms with Crippen LogP contribution in [0, 0.1) is 11.7 Å². The number of carbonyl (C=O) groups is 2. The first kappa shape index (κ1) is 14.2. The fourth-order valence-corrected chi connectivity index (χ4v) is 1.90. The number of halogens is 1. The lowest BCUT2D eigenvalue weighted by Crippen LogP contribution is -2.22. The van der Waals surface area contributed by atoms with Crippen molar-refractivity contribution >= 4 is 23.6 Å². The van der Waals surface area contributed by atoms with Gasteiger partial charge in [0.2, 0.25) is 5.91 Å². The Balaban J connectivity index is 2.10. The highest BCUT2D eigenvalue weighted by atomic mass is 19.1. The average molecular weight is 279 g/mol. The Kier molecular flexibility index (Phi) is 4.47. The van der Waals surface area contributed by atoms with E-state index in [2.05, 4.69) is 5.32 Å². The van der Waals surface area contributed by atoms with E-state index in [1.807, 2.05) is 0 Å². The maximum atomic E-state index is 13.5. The molecular weight excluding hydrogens is 265 g/mol. The maximum absolute atomic E-state index is 13.5. The van der Waals surface area contributed by atoms with Crippen molar-refractivity contribution in [2.24, 2.45) is 5.92 Å². The second-order valence-electron chi connectivity index (χ2n) is 4.46. The molecule has 6 heteroatoms. The zero-order valence-corrected chi connectivity index (χ0v) is 10.6. The van der Waals surface area contributed by atoms with Crippen molar-refractivity contribution in [3.8, 4) is 0 Å². The highest BCUT2D eigenvalue weighted by Crippen LogP contribution is 2.19. The summed E-state index contributed by atoms with van der Waals surface area (Å²) in [6.45, 7) is 0.951. The van der Waals surface area contributed by atoms with Crippen LogP contribution in [0.5, 0.6) is 0 Å². The molecule has 5 nitrogen and oxygen atoms in total. The smallest absolute Gasteiger partial charge is 0.328 e. The van der Waals surface area contributed by atoms with Crippen LogP contribution in [0.1, 0.15) is 12.0 Å². The normalized spacial score (nSPS) is 18.4. The largest absolute Gasteiger partial charge is 0.478 e. The highest BCUT2D eigenvalue weighted by molar-refractivity contribution is 5.93. The fraction of sp³-hybridized carbons (Fsp3) is 0.286. The number of carbonyl (C=O) groups excluding carboxylic acids is 1. The molecule has 2 rings (SSSR count). The number of hydrogen-bond acceptors (Lipinski definition) is 3. The third-order valence-electron chi connectivity index (χ3n) is 2.97. The molecule has 106 valence electrons. The van der Waals surface area contributed by atoms with Crippen molar-refractivity contribution in [2.45, 2.75) is 6.42 Å². The van der Waals surface area contributed by atoms with Crippen LogP contribution in [0.2, 0.25) is 0 Å². The molecule has 1 heterocycles. The van der Waals surface area contributed by atoms with E-state index in [0.29, 0.717) is 25.3 Å². The van der Waals surface area contributed by atoms with Crippen LogP contribution in [0.15, 0.2) is 24.3 Å². The van der Waals surface area contributed by atoms with E-state index < -0.39 is 11.8 Å². The molecule has 1 atom stereocenters. The average Bonchev–Trinajstić information content (AvgIpc) is 2.93. The van der Waals surface area contributed by atoms with E-state index in [0.717, 1.165) is 12.2 Å². The minimum atomic E-state index is -1.16. The van der Waals surface area contributed by atoms with Gasteiger partial charge in [-0.2, -0.15) is 0 Å². The second-order valence-corrected chi connectivity index (χ2v) is 4.46. The van der Waals surface area contributed by atoms with Crippen molar-refractivity contribution in [2.75, 3.05) is 18.5 Å². The quantitative estimate of drug-likeness (QED) is 0.825. The molecule has 0 bridgehead atoms. The van der Waals surface area contributed by atoms with Gasteiger partial charge in [-0.25, -0.2) is 9.18 Å². The Morgan fingerprint density at radius 2 is 2.25 bits per heavy atom. The number of carboxylic acid groups (broad SMARTS) is 1. The summed E-state index contributed by atoms with van der Waals surface area (Å²) >= 11 is 0. The van der Waals surface area contributed by atoms with E-state index in [-0.39, 0.29) is 17.4 Å². The molecule has 1 amide bonds. The summed E-state index contributed by atoms with van der Waals surface area (Å²) in [6.07, 6.45) is 2.65. The van der Waals surface area contributed by atoms with E-state index in [9.17, 15) is 14.0 Å². The van der Waals surface area contributed by atoms with Crippen molar-refractivity contribution in [3.63, 3.8) is 0 Å². The predicted octanol–water partition coefficient (Wildman–Crippen LogP) is 1.90. The molecular formula is C14H14FNO4. The summed E-state index contributed by atoms with van der Waals surface area (Å²) in [6, 6.07) is 4.01. The van der Waals surface area contributed by atoms with E-state index in [4.69, 9.17) is 9.84 Å². The van der Waals surface area contributed by atoms with Gasteiger partial charge in [-0.3, -0.25) is 4.79 Å². The molecule has 0 aliphatic carbocycles. The highest BCUT2D eigenvalue weighted by Gasteiger charge is 2.23. The van der Waals surface area contributed by atoms with Crippen LogP contribution >= 0.6 is 0 Å².